The van der Waals surface area contributed by atoms with E-state index in [1.807, 2.05) is 55.5 Å². The third kappa shape index (κ3) is 3.24. The molecule has 1 aliphatic heterocycles. The molecule has 5 rings (SSSR count). The molecule has 4 nitrogen and oxygen atoms in total. The van der Waals surface area contributed by atoms with Crippen LogP contribution in [0.15, 0.2) is 75.9 Å². The van der Waals surface area contributed by atoms with Gasteiger partial charge in [-0.05, 0) is 54.8 Å². The molecule has 0 saturated heterocycles. The van der Waals surface area contributed by atoms with Crippen LogP contribution < -0.4 is 15.3 Å². The first-order valence-corrected chi connectivity index (χ1v) is 10.2. The molecule has 0 N–H and O–H groups in total. The Morgan fingerprint density at radius 3 is 2.60 bits per heavy atom. The van der Waals surface area contributed by atoms with Crippen LogP contribution in [-0.2, 0) is 13.0 Å². The average molecular weight is 397 g/mol. The van der Waals surface area contributed by atoms with Gasteiger partial charge in [-0.3, -0.25) is 0 Å². The van der Waals surface area contributed by atoms with Crippen LogP contribution in [0.2, 0.25) is 0 Å². The number of ether oxygens (including phenoxy) is 1. The Morgan fingerprint density at radius 1 is 0.967 bits per heavy atom. The van der Waals surface area contributed by atoms with Crippen LogP contribution in [0.3, 0.4) is 0 Å². The van der Waals surface area contributed by atoms with Gasteiger partial charge in [0.2, 0.25) is 0 Å². The van der Waals surface area contributed by atoms with Crippen LogP contribution in [0.1, 0.15) is 27.8 Å². The molecule has 3 aromatic carbocycles. The molecule has 150 valence electrons. The quantitative estimate of drug-likeness (QED) is 0.437. The topological polar surface area (TPSA) is 42.7 Å². The van der Waals surface area contributed by atoms with Gasteiger partial charge in [-0.15, -0.1) is 0 Å². The van der Waals surface area contributed by atoms with E-state index in [2.05, 4.69) is 30.0 Å². The summed E-state index contributed by atoms with van der Waals surface area (Å²) in [6.45, 7) is 5.19. The molecule has 0 aliphatic carbocycles. The Labute approximate surface area is 175 Å². The number of benzene rings is 3. The highest BCUT2D eigenvalue weighted by molar-refractivity contribution is 5.86. The van der Waals surface area contributed by atoms with Crippen molar-refractivity contribution < 1.29 is 9.15 Å². The van der Waals surface area contributed by atoms with E-state index in [4.69, 9.17) is 9.15 Å². The van der Waals surface area contributed by atoms with Crippen molar-refractivity contribution in [2.24, 2.45) is 0 Å². The molecule has 0 unspecified atom stereocenters. The lowest BCUT2D eigenvalue weighted by Gasteiger charge is -2.31. The molecule has 30 heavy (non-hydrogen) atoms. The average Bonchev–Trinajstić information content (AvgIpc) is 2.77. The number of fused-ring (bicyclic) bond motifs is 3. The molecule has 4 heteroatoms. The summed E-state index contributed by atoms with van der Waals surface area (Å²) in [4.78, 5) is 15.1. The van der Waals surface area contributed by atoms with Crippen LogP contribution in [0.4, 0.5) is 5.69 Å². The summed E-state index contributed by atoms with van der Waals surface area (Å²) in [5.74, 6) is 0.782. The van der Waals surface area contributed by atoms with E-state index >= 15 is 0 Å². The third-order valence-corrected chi connectivity index (χ3v) is 5.83. The number of rotatable bonds is 3. The van der Waals surface area contributed by atoms with E-state index in [-0.39, 0.29) is 5.63 Å². The van der Waals surface area contributed by atoms with Gasteiger partial charge < -0.3 is 14.1 Å². The second-order valence-electron chi connectivity index (χ2n) is 7.88. The van der Waals surface area contributed by atoms with Crippen molar-refractivity contribution in [1.29, 1.82) is 0 Å². The van der Waals surface area contributed by atoms with Crippen molar-refractivity contribution in [3.63, 3.8) is 0 Å². The maximum atomic E-state index is 12.9. The second kappa shape index (κ2) is 7.38. The first kappa shape index (κ1) is 18.5. The van der Waals surface area contributed by atoms with Crippen LogP contribution in [0.5, 0.6) is 5.75 Å². The van der Waals surface area contributed by atoms with E-state index in [9.17, 15) is 4.79 Å². The summed E-state index contributed by atoms with van der Waals surface area (Å²) >= 11 is 0. The van der Waals surface area contributed by atoms with Crippen LogP contribution >= 0.6 is 0 Å². The fourth-order valence-electron chi connectivity index (χ4n) is 4.16. The minimum atomic E-state index is -0.273. The Morgan fingerprint density at radius 2 is 1.80 bits per heavy atom. The van der Waals surface area contributed by atoms with E-state index in [1.54, 1.807) is 0 Å². The molecule has 0 amide bonds. The molecule has 0 radical (unpaired) electrons. The van der Waals surface area contributed by atoms with Gasteiger partial charge in [0, 0.05) is 23.1 Å². The van der Waals surface area contributed by atoms with Crippen LogP contribution in [0.25, 0.3) is 11.0 Å². The smallest absolute Gasteiger partial charge is 0.340 e. The van der Waals surface area contributed by atoms with Gasteiger partial charge in [0.1, 0.15) is 11.3 Å². The SMILES string of the molecule is Cc1cccc(N2COc3ccc4c(C)c(Cc5ccccc5)c(=O)oc4c3C2)c1. The second-order valence-corrected chi connectivity index (χ2v) is 7.88. The summed E-state index contributed by atoms with van der Waals surface area (Å²) in [5, 5.41) is 0.967. The summed E-state index contributed by atoms with van der Waals surface area (Å²) in [7, 11) is 0. The molecular weight excluding hydrogens is 374 g/mol. The zero-order valence-electron chi connectivity index (χ0n) is 17.1. The van der Waals surface area contributed by atoms with Crippen LogP contribution in [-0.4, -0.2) is 6.73 Å². The van der Waals surface area contributed by atoms with Gasteiger partial charge in [0.25, 0.3) is 0 Å². The van der Waals surface area contributed by atoms with Gasteiger partial charge in [-0.1, -0.05) is 42.5 Å². The lowest BCUT2D eigenvalue weighted by atomic mass is 9.97. The Balaban J connectivity index is 1.58. The molecule has 0 saturated carbocycles. The van der Waals surface area contributed by atoms with E-state index in [1.165, 1.54) is 5.56 Å². The molecule has 4 aromatic rings. The summed E-state index contributed by atoms with van der Waals surface area (Å²) < 4.78 is 11.9. The molecule has 0 spiro atoms. The van der Waals surface area contributed by atoms with Gasteiger partial charge in [0.15, 0.2) is 6.73 Å². The van der Waals surface area contributed by atoms with Crippen molar-refractivity contribution in [1.82, 2.24) is 0 Å². The third-order valence-electron chi connectivity index (χ3n) is 5.83. The zero-order valence-corrected chi connectivity index (χ0v) is 17.1. The first-order valence-electron chi connectivity index (χ1n) is 10.2. The van der Waals surface area contributed by atoms with E-state index in [0.717, 1.165) is 33.5 Å². The maximum absolute atomic E-state index is 12.9. The molecule has 1 aromatic heterocycles. The van der Waals surface area contributed by atoms with Gasteiger partial charge >= 0.3 is 5.63 Å². The Hall–Kier alpha value is -3.53. The number of hydrogen-bond acceptors (Lipinski definition) is 4. The summed E-state index contributed by atoms with van der Waals surface area (Å²) in [6.07, 6.45) is 0.563. The lowest BCUT2D eigenvalue weighted by molar-refractivity contribution is 0.289. The van der Waals surface area contributed by atoms with Crippen molar-refractivity contribution >= 4 is 16.7 Å². The standard InChI is InChI=1S/C26H23NO3/c1-17-7-6-10-20(13-17)27-15-23-24(29-16-27)12-11-21-18(2)22(26(28)30-25(21)23)14-19-8-4-3-5-9-19/h3-13H,14-16H2,1-2H3. The monoisotopic (exact) mass is 397 g/mol. The van der Waals surface area contributed by atoms with Gasteiger partial charge in [0.05, 0.1) is 12.1 Å². The number of anilines is 1. The highest BCUT2D eigenvalue weighted by Gasteiger charge is 2.23. The minimum Gasteiger partial charge on any atom is -0.473 e. The number of nitrogens with zero attached hydrogens (tertiary/aromatic N) is 1. The normalized spacial score (nSPS) is 13.2. The fourth-order valence-corrected chi connectivity index (χ4v) is 4.16. The van der Waals surface area contributed by atoms with Gasteiger partial charge in [-0.2, -0.15) is 0 Å². The molecule has 2 heterocycles. The highest BCUT2D eigenvalue weighted by atomic mass is 16.5. The van der Waals surface area contributed by atoms with Crippen molar-refractivity contribution in [2.75, 3.05) is 11.6 Å². The predicted octanol–water partition coefficient (Wildman–Crippen LogP) is 5.36. The van der Waals surface area contributed by atoms with Crippen molar-refractivity contribution in [3.8, 4) is 5.75 Å². The van der Waals surface area contributed by atoms with Crippen molar-refractivity contribution in [2.45, 2.75) is 26.8 Å². The predicted molar refractivity (Wildman–Crippen MR) is 119 cm³/mol. The van der Waals surface area contributed by atoms with Gasteiger partial charge in [-0.25, -0.2) is 4.79 Å². The van der Waals surface area contributed by atoms with Crippen molar-refractivity contribution in [3.05, 3.63) is 105 Å². The van der Waals surface area contributed by atoms with Crippen LogP contribution in [0, 0.1) is 13.8 Å². The zero-order chi connectivity index (χ0) is 20.7. The minimum absolute atomic E-state index is 0.273. The lowest BCUT2D eigenvalue weighted by Crippen LogP contribution is -2.32. The Bertz CT molecular complexity index is 1290. The summed E-state index contributed by atoms with van der Waals surface area (Å²) in [5.41, 5.74) is 6.35. The first-order chi connectivity index (χ1) is 14.6. The summed E-state index contributed by atoms with van der Waals surface area (Å²) in [6, 6.07) is 22.3. The largest absolute Gasteiger partial charge is 0.473 e. The Kier molecular flexibility index (Phi) is 4.55. The molecule has 0 bridgehead atoms. The maximum Gasteiger partial charge on any atom is 0.340 e. The molecule has 0 atom stereocenters. The molecule has 1 aliphatic rings. The number of hydrogen-bond donors (Lipinski definition) is 0. The molecular formula is C26H23NO3. The molecule has 0 fully saturated rings. The van der Waals surface area contributed by atoms with E-state index < -0.39 is 0 Å². The number of aryl methyl sites for hydroxylation is 2. The van der Waals surface area contributed by atoms with E-state index in [0.29, 0.717) is 30.8 Å². The fraction of sp³-hybridized carbons (Fsp3) is 0.192. The highest BCUT2D eigenvalue weighted by Crippen LogP contribution is 2.35.